The number of nitrogens with two attached hydrogens (primary N) is 1. The molecule has 0 saturated heterocycles. The van der Waals surface area contributed by atoms with Crippen LogP contribution in [0.1, 0.15) is 77.0 Å². The minimum absolute atomic E-state index is 0.107. The van der Waals surface area contributed by atoms with Crippen molar-refractivity contribution in [2.24, 2.45) is 5.73 Å². The van der Waals surface area contributed by atoms with Gasteiger partial charge in [0.2, 0.25) is 11.8 Å². The van der Waals surface area contributed by atoms with Gasteiger partial charge in [0, 0.05) is 19.0 Å². The summed E-state index contributed by atoms with van der Waals surface area (Å²) in [4.78, 5) is 51.6. The molecular formula is C26H38N4O5. The molecule has 0 saturated carbocycles. The van der Waals surface area contributed by atoms with Crippen LogP contribution in [0.25, 0.3) is 0 Å². The summed E-state index contributed by atoms with van der Waals surface area (Å²) in [7, 11) is 0. The van der Waals surface area contributed by atoms with Crippen molar-refractivity contribution in [3.63, 3.8) is 0 Å². The first-order valence-electron chi connectivity index (χ1n) is 11.8. The van der Waals surface area contributed by atoms with Crippen molar-refractivity contribution in [3.8, 4) is 12.5 Å². The normalized spacial score (nSPS) is 12.6. The van der Waals surface area contributed by atoms with E-state index in [-0.39, 0.29) is 12.8 Å². The second-order valence-corrected chi connectivity index (χ2v) is 9.30. The lowest BCUT2D eigenvalue weighted by molar-refractivity contribution is -0.138. The fourth-order valence-corrected chi connectivity index (χ4v) is 3.40. The first-order chi connectivity index (χ1) is 16.4. The molecule has 0 bridgehead atoms. The highest BCUT2D eigenvalue weighted by Crippen LogP contribution is 2.25. The Labute approximate surface area is 208 Å². The van der Waals surface area contributed by atoms with Gasteiger partial charge >= 0.3 is 6.09 Å². The Morgan fingerprint density at radius 3 is 2.37 bits per heavy atom. The summed E-state index contributed by atoms with van der Waals surface area (Å²) in [6.45, 7) is 9.34. The Hall–Kier alpha value is -3.54. The highest BCUT2D eigenvalue weighted by Gasteiger charge is 2.36. The van der Waals surface area contributed by atoms with E-state index in [4.69, 9.17) is 16.9 Å². The largest absolute Gasteiger partial charge is 0.444 e. The SMILES string of the molecule is C#CN(C(=O)C(CCC(N)=O)NC(=O)OC(C)(C)C)C(C(=O)NCCCCC)c1ccccc1C. The number of rotatable bonds is 12. The van der Waals surface area contributed by atoms with E-state index >= 15 is 0 Å². The maximum Gasteiger partial charge on any atom is 0.408 e. The summed E-state index contributed by atoms with van der Waals surface area (Å²) in [6, 6.07) is 7.06. The molecule has 0 radical (unpaired) electrons. The second-order valence-electron chi connectivity index (χ2n) is 9.30. The minimum atomic E-state index is -1.23. The van der Waals surface area contributed by atoms with Crippen LogP contribution in [0.5, 0.6) is 0 Å². The van der Waals surface area contributed by atoms with Gasteiger partial charge in [-0.3, -0.25) is 19.3 Å². The highest BCUT2D eigenvalue weighted by molar-refractivity contribution is 5.93. The number of hydrogen-bond acceptors (Lipinski definition) is 5. The summed E-state index contributed by atoms with van der Waals surface area (Å²) in [6.07, 6.45) is 7.33. The number of unbranched alkanes of at least 4 members (excludes halogenated alkanes) is 2. The number of nitrogens with zero attached hydrogens (tertiary/aromatic N) is 1. The van der Waals surface area contributed by atoms with E-state index in [1.807, 2.05) is 19.1 Å². The standard InChI is InChI=1S/C26H38N4O5/c1-7-9-12-17-28-23(32)22(19-14-11-10-13-18(19)3)30(8-2)24(33)20(15-16-21(27)31)29-25(34)35-26(4,5)6/h2,10-11,13-14,20,22H,7,9,12,15-17H2,1,3-6H3,(H2,27,31)(H,28,32)(H,29,34). The molecule has 2 atom stereocenters. The van der Waals surface area contributed by atoms with Gasteiger partial charge in [-0.15, -0.1) is 0 Å². The van der Waals surface area contributed by atoms with Crippen LogP contribution >= 0.6 is 0 Å². The number of primary amides is 1. The summed E-state index contributed by atoms with van der Waals surface area (Å²) >= 11 is 0. The van der Waals surface area contributed by atoms with Crippen molar-refractivity contribution in [2.75, 3.05) is 6.54 Å². The van der Waals surface area contributed by atoms with Crippen molar-refractivity contribution >= 4 is 23.8 Å². The minimum Gasteiger partial charge on any atom is -0.444 e. The summed E-state index contributed by atoms with van der Waals surface area (Å²) in [5, 5.41) is 5.34. The Balaban J connectivity index is 3.32. The molecule has 0 heterocycles. The maximum atomic E-state index is 13.6. The third kappa shape index (κ3) is 10.1. The fourth-order valence-electron chi connectivity index (χ4n) is 3.40. The van der Waals surface area contributed by atoms with Crippen LogP contribution in [0.3, 0.4) is 0 Å². The monoisotopic (exact) mass is 486 g/mol. The molecule has 0 aliphatic heterocycles. The number of aryl methyl sites for hydroxylation is 1. The number of amides is 4. The molecule has 0 aliphatic rings. The zero-order chi connectivity index (χ0) is 26.6. The van der Waals surface area contributed by atoms with E-state index in [1.165, 1.54) is 0 Å². The second kappa shape index (κ2) is 14.0. The van der Waals surface area contributed by atoms with E-state index in [0.717, 1.165) is 29.7 Å². The molecule has 0 fully saturated rings. The molecule has 1 aromatic rings. The van der Waals surface area contributed by atoms with Crippen LogP contribution in [0.2, 0.25) is 0 Å². The number of carbonyl (C=O) groups is 4. The van der Waals surface area contributed by atoms with Gasteiger partial charge < -0.3 is 21.1 Å². The number of ether oxygens (including phenoxy) is 1. The zero-order valence-corrected chi connectivity index (χ0v) is 21.3. The number of nitrogens with one attached hydrogen (secondary N) is 2. The van der Waals surface area contributed by atoms with Gasteiger partial charge in [-0.25, -0.2) is 4.79 Å². The van der Waals surface area contributed by atoms with Crippen LogP contribution in [0, 0.1) is 19.4 Å². The van der Waals surface area contributed by atoms with Crippen molar-refractivity contribution in [1.82, 2.24) is 15.5 Å². The van der Waals surface area contributed by atoms with Crippen LogP contribution in [0.4, 0.5) is 4.79 Å². The summed E-state index contributed by atoms with van der Waals surface area (Å²) < 4.78 is 5.26. The molecule has 0 spiro atoms. The van der Waals surface area contributed by atoms with Gasteiger partial charge in [0.05, 0.1) is 0 Å². The van der Waals surface area contributed by atoms with Gasteiger partial charge in [-0.2, -0.15) is 0 Å². The van der Waals surface area contributed by atoms with Crippen molar-refractivity contribution < 1.29 is 23.9 Å². The lowest BCUT2D eigenvalue weighted by Gasteiger charge is -2.31. The maximum absolute atomic E-state index is 13.6. The smallest absolute Gasteiger partial charge is 0.408 e. The molecule has 1 rings (SSSR count). The number of alkyl carbamates (subject to hydrolysis) is 1. The Morgan fingerprint density at radius 1 is 1.17 bits per heavy atom. The van der Waals surface area contributed by atoms with Gasteiger partial charge in [0.25, 0.3) is 5.91 Å². The van der Waals surface area contributed by atoms with Crippen LogP contribution < -0.4 is 16.4 Å². The average Bonchev–Trinajstić information content (AvgIpc) is 2.76. The van der Waals surface area contributed by atoms with E-state index < -0.39 is 41.5 Å². The molecule has 0 aliphatic carbocycles. The van der Waals surface area contributed by atoms with E-state index in [0.29, 0.717) is 12.1 Å². The Morgan fingerprint density at radius 2 is 1.83 bits per heavy atom. The lowest BCUT2D eigenvalue weighted by atomic mass is 9.98. The number of hydrogen-bond donors (Lipinski definition) is 3. The van der Waals surface area contributed by atoms with Crippen LogP contribution in [-0.4, -0.2) is 46.9 Å². The first kappa shape index (κ1) is 29.5. The van der Waals surface area contributed by atoms with Crippen molar-refractivity contribution in [2.45, 2.75) is 84.4 Å². The van der Waals surface area contributed by atoms with Gasteiger partial charge in [-0.1, -0.05) is 50.5 Å². The highest BCUT2D eigenvalue weighted by atomic mass is 16.6. The van der Waals surface area contributed by atoms with Gasteiger partial charge in [0.1, 0.15) is 17.7 Å². The van der Waals surface area contributed by atoms with E-state index in [9.17, 15) is 19.2 Å². The third-order valence-corrected chi connectivity index (χ3v) is 5.11. The molecule has 9 heteroatoms. The topological polar surface area (TPSA) is 131 Å². The van der Waals surface area contributed by atoms with Crippen molar-refractivity contribution in [3.05, 3.63) is 35.4 Å². The molecular weight excluding hydrogens is 448 g/mol. The predicted octanol–water partition coefficient (Wildman–Crippen LogP) is 2.92. The molecule has 2 unspecified atom stereocenters. The molecule has 9 nitrogen and oxygen atoms in total. The van der Waals surface area contributed by atoms with Gasteiger partial charge in [-0.05, 0) is 51.7 Å². The number of terminal acetylenes is 1. The van der Waals surface area contributed by atoms with E-state index in [1.54, 1.807) is 32.9 Å². The molecule has 35 heavy (non-hydrogen) atoms. The third-order valence-electron chi connectivity index (χ3n) is 5.11. The zero-order valence-electron chi connectivity index (χ0n) is 21.3. The molecule has 4 N–H and O–H groups in total. The van der Waals surface area contributed by atoms with E-state index in [2.05, 4.69) is 23.6 Å². The summed E-state index contributed by atoms with van der Waals surface area (Å²) in [5.41, 5.74) is 5.78. The molecule has 1 aromatic carbocycles. The Kier molecular flexibility index (Phi) is 11.8. The fraction of sp³-hybridized carbons (Fsp3) is 0.538. The number of carbonyl (C=O) groups excluding carboxylic acids is 4. The summed E-state index contributed by atoms with van der Waals surface area (Å²) in [5.74, 6) is -1.81. The molecule has 0 aromatic heterocycles. The predicted molar refractivity (Wildman–Crippen MR) is 134 cm³/mol. The van der Waals surface area contributed by atoms with Gasteiger partial charge in [0.15, 0.2) is 0 Å². The Bertz CT molecular complexity index is 932. The molecule has 192 valence electrons. The average molecular weight is 487 g/mol. The first-order valence-corrected chi connectivity index (χ1v) is 11.8. The quantitative estimate of drug-likeness (QED) is 0.238. The van der Waals surface area contributed by atoms with Crippen LogP contribution in [-0.2, 0) is 19.1 Å². The van der Waals surface area contributed by atoms with Crippen LogP contribution in [0.15, 0.2) is 24.3 Å². The lowest BCUT2D eigenvalue weighted by Crippen LogP contribution is -2.51. The number of benzene rings is 1. The molecule has 4 amide bonds. The van der Waals surface area contributed by atoms with Crippen molar-refractivity contribution in [1.29, 1.82) is 0 Å².